The zero-order chi connectivity index (χ0) is 31.0. The van der Waals surface area contributed by atoms with Gasteiger partial charge in [0.25, 0.3) is 0 Å². The Hall–Kier alpha value is -6.21. The van der Waals surface area contributed by atoms with Crippen molar-refractivity contribution < 1.29 is 9.47 Å². The molecule has 0 aliphatic carbocycles. The van der Waals surface area contributed by atoms with Crippen LogP contribution in [0.15, 0.2) is 152 Å². The van der Waals surface area contributed by atoms with E-state index in [4.69, 9.17) is 24.5 Å². The average Bonchev–Trinajstić information content (AvgIpc) is 3.14. The molecule has 46 heavy (non-hydrogen) atoms. The fourth-order valence-electron chi connectivity index (χ4n) is 5.07. The molecule has 7 nitrogen and oxygen atoms in total. The molecule has 0 atom stereocenters. The van der Waals surface area contributed by atoms with Crippen LogP contribution >= 0.6 is 0 Å². The van der Waals surface area contributed by atoms with Crippen molar-refractivity contribution in [3.8, 4) is 56.9 Å². The lowest BCUT2D eigenvalue weighted by molar-refractivity contribution is 0.307. The largest absolute Gasteiger partial charge is 0.488 e. The lowest BCUT2D eigenvalue weighted by Gasteiger charge is -2.16. The molecule has 3 aromatic heterocycles. The van der Waals surface area contributed by atoms with Crippen molar-refractivity contribution >= 4 is 0 Å². The zero-order valence-electron chi connectivity index (χ0n) is 24.9. The van der Waals surface area contributed by atoms with Crippen LogP contribution in [0.3, 0.4) is 0 Å². The summed E-state index contributed by atoms with van der Waals surface area (Å²) >= 11 is 0. The Bertz CT molecular complexity index is 2060. The second kappa shape index (κ2) is 13.6. The second-order valence-corrected chi connectivity index (χ2v) is 10.5. The second-order valence-electron chi connectivity index (χ2n) is 10.5. The predicted molar refractivity (Wildman–Crippen MR) is 179 cm³/mol. The molecule has 0 amide bonds. The van der Waals surface area contributed by atoms with E-state index in [1.165, 1.54) is 0 Å². The summed E-state index contributed by atoms with van der Waals surface area (Å²) in [5.74, 6) is 1.74. The molecule has 222 valence electrons. The number of rotatable bonds is 10. The van der Waals surface area contributed by atoms with Crippen LogP contribution in [0.1, 0.15) is 11.1 Å². The molecule has 0 aliphatic rings. The number of nitrogens with zero attached hydrogens (tertiary/aromatic N) is 5. The molecular weight excluding hydrogens is 570 g/mol. The first kappa shape index (κ1) is 28.6. The Kier molecular flexibility index (Phi) is 8.45. The maximum atomic E-state index is 6.38. The van der Waals surface area contributed by atoms with E-state index in [-0.39, 0.29) is 0 Å². The molecule has 0 radical (unpaired) electrons. The van der Waals surface area contributed by atoms with Crippen molar-refractivity contribution in [3.05, 3.63) is 163 Å². The van der Waals surface area contributed by atoms with Gasteiger partial charge >= 0.3 is 0 Å². The van der Waals surface area contributed by atoms with Crippen LogP contribution in [0.25, 0.3) is 45.4 Å². The van der Waals surface area contributed by atoms with Gasteiger partial charge < -0.3 is 9.47 Å². The van der Waals surface area contributed by atoms with Gasteiger partial charge in [0.1, 0.15) is 41.8 Å². The Morgan fingerprint density at radius 2 is 0.957 bits per heavy atom. The zero-order valence-corrected chi connectivity index (χ0v) is 24.9. The maximum Gasteiger partial charge on any atom is 0.201 e. The first-order valence-corrected chi connectivity index (χ1v) is 15.0. The molecule has 7 rings (SSSR count). The van der Waals surface area contributed by atoms with Crippen molar-refractivity contribution in [2.24, 2.45) is 0 Å². The van der Waals surface area contributed by atoms with Gasteiger partial charge in [-0.25, -0.2) is 9.97 Å². The highest BCUT2D eigenvalue weighted by molar-refractivity contribution is 5.84. The molecule has 0 unspecified atom stereocenters. The molecule has 3 heterocycles. The number of hydrogen-bond acceptors (Lipinski definition) is 7. The first-order chi connectivity index (χ1) is 22.8. The third-order valence-corrected chi connectivity index (χ3v) is 7.35. The fraction of sp³-hybridized carbons (Fsp3) is 0.0513. The molecule has 4 aromatic carbocycles. The summed E-state index contributed by atoms with van der Waals surface area (Å²) in [5, 5.41) is 9.36. The van der Waals surface area contributed by atoms with Gasteiger partial charge in [0.15, 0.2) is 0 Å². The number of aromatic nitrogens is 5. The minimum atomic E-state index is 0.386. The minimum absolute atomic E-state index is 0.386. The number of hydrogen-bond donors (Lipinski definition) is 0. The van der Waals surface area contributed by atoms with Crippen molar-refractivity contribution in [2.75, 3.05) is 0 Å². The van der Waals surface area contributed by atoms with Crippen LogP contribution in [0.2, 0.25) is 0 Å². The summed E-state index contributed by atoms with van der Waals surface area (Å²) in [6, 6.07) is 47.3. The summed E-state index contributed by atoms with van der Waals surface area (Å²) in [6.45, 7) is 0.816. The van der Waals surface area contributed by atoms with Gasteiger partial charge in [-0.1, -0.05) is 97.1 Å². The lowest BCUT2D eigenvalue weighted by atomic mass is 10.0. The Balaban J connectivity index is 1.33. The Morgan fingerprint density at radius 3 is 1.59 bits per heavy atom. The van der Waals surface area contributed by atoms with Gasteiger partial charge in [-0.05, 0) is 59.7 Å². The van der Waals surface area contributed by atoms with Gasteiger partial charge in [0.05, 0.1) is 11.4 Å². The monoisotopic (exact) mass is 599 g/mol. The number of benzene rings is 4. The van der Waals surface area contributed by atoms with E-state index in [1.54, 1.807) is 6.20 Å². The summed E-state index contributed by atoms with van der Waals surface area (Å²) < 4.78 is 12.7. The summed E-state index contributed by atoms with van der Waals surface area (Å²) in [5.41, 5.74) is 6.93. The predicted octanol–water partition coefficient (Wildman–Crippen LogP) is 8.49. The molecule has 0 spiro atoms. The van der Waals surface area contributed by atoms with Crippen LogP contribution in [0.4, 0.5) is 0 Å². The van der Waals surface area contributed by atoms with Crippen LogP contribution < -0.4 is 9.47 Å². The highest BCUT2D eigenvalue weighted by Crippen LogP contribution is 2.39. The summed E-state index contributed by atoms with van der Waals surface area (Å²) in [7, 11) is 0. The highest BCUT2D eigenvalue weighted by atomic mass is 16.5. The third kappa shape index (κ3) is 6.49. The molecule has 0 saturated heterocycles. The van der Waals surface area contributed by atoms with Crippen LogP contribution in [0, 0.1) is 0 Å². The van der Waals surface area contributed by atoms with Gasteiger partial charge in [-0.2, -0.15) is 0 Å². The molecule has 0 saturated carbocycles. The molecule has 7 aromatic rings. The van der Waals surface area contributed by atoms with Gasteiger partial charge in [0.2, 0.25) is 5.82 Å². The Labute approximate surface area is 267 Å². The molecular formula is C39H29N5O2. The van der Waals surface area contributed by atoms with Gasteiger partial charge in [-0.15, -0.1) is 10.2 Å². The average molecular weight is 600 g/mol. The normalized spacial score (nSPS) is 10.8. The topological polar surface area (TPSA) is 82.9 Å². The van der Waals surface area contributed by atoms with Crippen LogP contribution in [-0.4, -0.2) is 25.1 Å². The van der Waals surface area contributed by atoms with Crippen LogP contribution in [-0.2, 0) is 13.2 Å². The standard InChI is InChI=1S/C39H29N5O2/c1-3-14-28(15-4-1)26-45-35-23-9-7-18-30(35)37-38(31-19-8-10-24-36(31)46-27-29-16-5-2-6-17-29)43-44-39(42-37)34-22-13-21-33(41-34)32-20-11-12-25-40-32/h1-25H,26-27H2. The molecule has 0 N–H and O–H groups in total. The number of ether oxygens (including phenoxy) is 2. The summed E-state index contributed by atoms with van der Waals surface area (Å²) in [6.07, 6.45) is 1.75. The van der Waals surface area contributed by atoms with Crippen molar-refractivity contribution in [3.63, 3.8) is 0 Å². The van der Waals surface area contributed by atoms with Crippen molar-refractivity contribution in [2.45, 2.75) is 13.2 Å². The SMILES string of the molecule is c1ccc(COc2ccccc2-c2nnc(-c3cccc(-c4ccccn4)n3)nc2-c2ccccc2OCc2ccccc2)cc1. The smallest absolute Gasteiger partial charge is 0.201 e. The Morgan fingerprint density at radius 1 is 0.413 bits per heavy atom. The first-order valence-electron chi connectivity index (χ1n) is 15.0. The summed E-state index contributed by atoms with van der Waals surface area (Å²) in [4.78, 5) is 14.4. The van der Waals surface area contributed by atoms with Crippen molar-refractivity contribution in [1.82, 2.24) is 25.1 Å². The highest BCUT2D eigenvalue weighted by Gasteiger charge is 2.21. The maximum absolute atomic E-state index is 6.38. The molecule has 0 fully saturated rings. The quantitative estimate of drug-likeness (QED) is 0.156. The van der Waals surface area contributed by atoms with Gasteiger partial charge in [0, 0.05) is 17.3 Å². The van der Waals surface area contributed by atoms with Gasteiger partial charge in [-0.3, -0.25) is 4.98 Å². The van der Waals surface area contributed by atoms with Crippen LogP contribution in [0.5, 0.6) is 11.5 Å². The van der Waals surface area contributed by atoms with E-state index in [9.17, 15) is 0 Å². The fourth-order valence-corrected chi connectivity index (χ4v) is 5.07. The molecule has 7 heteroatoms. The lowest BCUT2D eigenvalue weighted by Crippen LogP contribution is -2.05. The van der Waals surface area contributed by atoms with E-state index in [0.717, 1.165) is 33.6 Å². The van der Waals surface area contributed by atoms with E-state index < -0.39 is 0 Å². The van der Waals surface area contributed by atoms with E-state index in [0.29, 0.717) is 47.6 Å². The number of pyridine rings is 2. The van der Waals surface area contributed by atoms with E-state index in [1.807, 2.05) is 146 Å². The molecule has 0 aliphatic heterocycles. The minimum Gasteiger partial charge on any atom is -0.488 e. The van der Waals surface area contributed by atoms with E-state index in [2.05, 4.69) is 10.1 Å². The number of para-hydroxylation sites is 2. The van der Waals surface area contributed by atoms with Crippen molar-refractivity contribution in [1.29, 1.82) is 0 Å². The van der Waals surface area contributed by atoms with E-state index >= 15 is 0 Å². The molecule has 0 bridgehead atoms. The third-order valence-electron chi connectivity index (χ3n) is 7.35.